The zero-order chi connectivity index (χ0) is 23.1. The summed E-state index contributed by atoms with van der Waals surface area (Å²) in [6, 6.07) is 5.86. The van der Waals surface area contributed by atoms with Crippen LogP contribution in [0.1, 0.15) is 38.7 Å². The number of benzene rings is 1. The number of carbonyl (C=O) groups excluding carboxylic acids is 1. The molecular weight excluding hydrogens is 446 g/mol. The lowest BCUT2D eigenvalue weighted by atomic mass is 10.2. The van der Waals surface area contributed by atoms with Crippen LogP contribution in [0.2, 0.25) is 0 Å². The van der Waals surface area contributed by atoms with E-state index < -0.39 is 0 Å². The maximum absolute atomic E-state index is 11.2. The Hall–Kier alpha value is -2.59. The lowest BCUT2D eigenvalue weighted by Gasteiger charge is -2.11. The number of carbonyl (C=O) groups is 1. The van der Waals surface area contributed by atoms with Gasteiger partial charge in [0.1, 0.15) is 10.8 Å². The van der Waals surface area contributed by atoms with Crippen molar-refractivity contribution >= 4 is 29.0 Å². The van der Waals surface area contributed by atoms with E-state index in [0.717, 1.165) is 39.5 Å². The van der Waals surface area contributed by atoms with Crippen LogP contribution >= 0.6 is 23.1 Å². The van der Waals surface area contributed by atoms with Crippen molar-refractivity contribution in [3.05, 3.63) is 35.1 Å². The Bertz CT molecular complexity index is 1050. The van der Waals surface area contributed by atoms with E-state index in [1.54, 1.807) is 30.2 Å². The molecule has 32 heavy (non-hydrogen) atoms. The molecule has 0 saturated heterocycles. The first-order valence-corrected chi connectivity index (χ1v) is 12.4. The molecule has 0 radical (unpaired) electrons. The average molecular weight is 476 g/mol. The Morgan fingerprint density at radius 3 is 2.78 bits per heavy atom. The third-order valence-electron chi connectivity index (χ3n) is 4.55. The van der Waals surface area contributed by atoms with Gasteiger partial charge in [-0.3, -0.25) is 4.79 Å². The smallest absolute Gasteiger partial charge is 0.217 e. The highest BCUT2D eigenvalue weighted by Gasteiger charge is 2.16. The maximum atomic E-state index is 11.2. The normalized spacial score (nSPS) is 11.2. The summed E-state index contributed by atoms with van der Waals surface area (Å²) >= 11 is 3.19. The Morgan fingerprint density at radius 1 is 1.28 bits per heavy atom. The van der Waals surface area contributed by atoms with Crippen LogP contribution in [0.3, 0.4) is 0 Å². The number of nitrogens with two attached hydrogens (primary N) is 1. The quantitative estimate of drug-likeness (QED) is 0.392. The third-order valence-corrected chi connectivity index (χ3v) is 6.49. The number of amides is 1. The van der Waals surface area contributed by atoms with E-state index in [9.17, 15) is 4.79 Å². The molecule has 0 spiro atoms. The molecule has 3 aromatic rings. The van der Waals surface area contributed by atoms with E-state index in [1.165, 1.54) is 0 Å². The molecule has 0 aliphatic carbocycles. The summed E-state index contributed by atoms with van der Waals surface area (Å²) in [5, 5.41) is 12.4. The summed E-state index contributed by atoms with van der Waals surface area (Å²) in [5.41, 5.74) is 7.26. The molecule has 1 amide bonds. The Kier molecular flexibility index (Phi) is 8.52. The Morgan fingerprint density at radius 2 is 2.09 bits per heavy atom. The van der Waals surface area contributed by atoms with Crippen molar-refractivity contribution in [1.29, 1.82) is 0 Å². The highest BCUT2D eigenvalue weighted by atomic mass is 32.2. The number of primary amides is 1. The number of aryl methyl sites for hydroxylation is 1. The van der Waals surface area contributed by atoms with Gasteiger partial charge in [0.2, 0.25) is 5.91 Å². The zero-order valence-corrected chi connectivity index (χ0v) is 20.5. The number of rotatable bonds is 12. The fourth-order valence-electron chi connectivity index (χ4n) is 3.11. The molecule has 1 aromatic carbocycles. The first-order valence-electron chi connectivity index (χ1n) is 10.5. The number of methoxy groups -OCH3 is 1. The summed E-state index contributed by atoms with van der Waals surface area (Å²) in [6.07, 6.45) is 0.762. The number of aromatic nitrogens is 4. The molecule has 2 aromatic heterocycles. The van der Waals surface area contributed by atoms with Gasteiger partial charge < -0.3 is 19.8 Å². The molecule has 0 bridgehead atoms. The Labute approximate surface area is 196 Å². The van der Waals surface area contributed by atoms with Crippen LogP contribution in [0, 0.1) is 5.92 Å². The van der Waals surface area contributed by atoms with Crippen molar-refractivity contribution in [2.24, 2.45) is 11.7 Å². The van der Waals surface area contributed by atoms with Gasteiger partial charge in [-0.25, -0.2) is 4.98 Å². The lowest BCUT2D eigenvalue weighted by molar-refractivity contribution is -0.118. The van der Waals surface area contributed by atoms with Gasteiger partial charge in [0.15, 0.2) is 16.7 Å². The molecule has 0 fully saturated rings. The van der Waals surface area contributed by atoms with Gasteiger partial charge >= 0.3 is 0 Å². The topological polar surface area (TPSA) is 105 Å². The van der Waals surface area contributed by atoms with Crippen LogP contribution < -0.4 is 15.2 Å². The highest BCUT2D eigenvalue weighted by Crippen LogP contribution is 2.34. The molecule has 8 nitrogen and oxygen atoms in total. The SMILES string of the molecule is CCOc1ccc(-c2nc(CSc3nnc(CCC(N)=O)n3CC(C)C)cs2)cc1OC. The number of hydrogen-bond acceptors (Lipinski definition) is 8. The molecule has 0 unspecified atom stereocenters. The van der Waals surface area contributed by atoms with Gasteiger partial charge in [0, 0.05) is 36.1 Å². The zero-order valence-electron chi connectivity index (χ0n) is 18.8. The molecule has 3 rings (SSSR count). The van der Waals surface area contributed by atoms with Crippen molar-refractivity contribution in [3.8, 4) is 22.1 Å². The molecular formula is C22H29N5O3S2. The molecule has 0 aliphatic rings. The van der Waals surface area contributed by atoms with Gasteiger partial charge in [-0.05, 0) is 31.0 Å². The molecule has 2 N–H and O–H groups in total. The predicted octanol–water partition coefficient (Wildman–Crippen LogP) is 4.18. The van der Waals surface area contributed by atoms with Gasteiger partial charge in [-0.1, -0.05) is 25.6 Å². The predicted molar refractivity (Wildman–Crippen MR) is 127 cm³/mol. The molecule has 0 atom stereocenters. The number of ether oxygens (including phenoxy) is 2. The largest absolute Gasteiger partial charge is 0.493 e. The van der Waals surface area contributed by atoms with Gasteiger partial charge in [-0.15, -0.1) is 21.5 Å². The van der Waals surface area contributed by atoms with Crippen molar-refractivity contribution < 1.29 is 14.3 Å². The second-order valence-electron chi connectivity index (χ2n) is 7.60. The van der Waals surface area contributed by atoms with E-state index in [2.05, 4.69) is 34.0 Å². The molecule has 0 aliphatic heterocycles. The minimum Gasteiger partial charge on any atom is -0.493 e. The third kappa shape index (κ3) is 6.23. The number of thioether (sulfide) groups is 1. The van der Waals surface area contributed by atoms with E-state index >= 15 is 0 Å². The van der Waals surface area contributed by atoms with Crippen LogP contribution in [0.15, 0.2) is 28.7 Å². The fraction of sp³-hybridized carbons (Fsp3) is 0.455. The second-order valence-corrected chi connectivity index (χ2v) is 9.40. The van der Waals surface area contributed by atoms with E-state index in [4.69, 9.17) is 20.2 Å². The molecule has 10 heteroatoms. The minimum atomic E-state index is -0.334. The fourth-order valence-corrected chi connectivity index (χ4v) is 4.90. The van der Waals surface area contributed by atoms with Crippen LogP contribution in [0.4, 0.5) is 0 Å². The summed E-state index contributed by atoms with van der Waals surface area (Å²) in [5.74, 6) is 2.98. The van der Waals surface area contributed by atoms with Crippen LogP contribution in [-0.4, -0.2) is 39.4 Å². The van der Waals surface area contributed by atoms with Crippen molar-refractivity contribution in [1.82, 2.24) is 19.7 Å². The number of thiazole rings is 1. The minimum absolute atomic E-state index is 0.266. The molecule has 2 heterocycles. The van der Waals surface area contributed by atoms with Crippen molar-refractivity contribution in [2.45, 2.75) is 51.1 Å². The summed E-state index contributed by atoms with van der Waals surface area (Å²) in [6.45, 7) is 7.60. The van der Waals surface area contributed by atoms with Crippen LogP contribution in [0.25, 0.3) is 10.6 Å². The number of nitrogens with zero attached hydrogens (tertiary/aromatic N) is 4. The van der Waals surface area contributed by atoms with Crippen molar-refractivity contribution in [3.63, 3.8) is 0 Å². The van der Waals surface area contributed by atoms with Gasteiger partial charge in [-0.2, -0.15) is 0 Å². The lowest BCUT2D eigenvalue weighted by Crippen LogP contribution is -2.15. The van der Waals surface area contributed by atoms with E-state index in [1.807, 2.05) is 25.1 Å². The monoisotopic (exact) mass is 475 g/mol. The maximum Gasteiger partial charge on any atom is 0.217 e. The molecule has 172 valence electrons. The summed E-state index contributed by atoms with van der Waals surface area (Å²) < 4.78 is 13.1. The summed E-state index contributed by atoms with van der Waals surface area (Å²) in [7, 11) is 1.64. The standard InChI is InChI=1S/C22H29N5O3S2/c1-5-30-17-7-6-15(10-18(17)29-4)21-24-16(12-31-21)13-32-22-26-25-20(9-8-19(23)28)27(22)11-14(2)3/h6-7,10,12,14H,5,8-9,11,13H2,1-4H3,(H2,23,28). The van der Waals surface area contributed by atoms with Crippen molar-refractivity contribution in [2.75, 3.05) is 13.7 Å². The average Bonchev–Trinajstić information content (AvgIpc) is 3.38. The van der Waals surface area contributed by atoms with Crippen LogP contribution in [0.5, 0.6) is 11.5 Å². The summed E-state index contributed by atoms with van der Waals surface area (Å²) in [4.78, 5) is 16.0. The van der Waals surface area contributed by atoms with E-state index in [-0.39, 0.29) is 12.3 Å². The van der Waals surface area contributed by atoms with Gasteiger partial charge in [0.25, 0.3) is 0 Å². The second kappa shape index (κ2) is 11.3. The van der Waals surface area contributed by atoms with Crippen LogP contribution in [-0.2, 0) is 23.5 Å². The Balaban J connectivity index is 1.72. The first kappa shape index (κ1) is 24.1. The number of hydrogen-bond donors (Lipinski definition) is 1. The van der Waals surface area contributed by atoms with E-state index in [0.29, 0.717) is 30.4 Å². The first-order chi connectivity index (χ1) is 15.4. The van der Waals surface area contributed by atoms with Gasteiger partial charge in [0.05, 0.1) is 19.4 Å². The highest BCUT2D eigenvalue weighted by molar-refractivity contribution is 7.98. The molecule has 0 saturated carbocycles.